The number of hydrogen-bond donors (Lipinski definition) is 1. The van der Waals surface area contributed by atoms with E-state index in [-0.39, 0.29) is 11.3 Å². The molecule has 1 aliphatic rings. The van der Waals surface area contributed by atoms with E-state index < -0.39 is 17.8 Å². The van der Waals surface area contributed by atoms with Crippen molar-refractivity contribution in [3.8, 4) is 5.75 Å². The molecule has 0 atom stereocenters. The van der Waals surface area contributed by atoms with Gasteiger partial charge in [-0.2, -0.15) is 0 Å². The molecular weight excluding hydrogens is 408 g/mol. The predicted molar refractivity (Wildman–Crippen MR) is 82.4 cm³/mol. The second kappa shape index (κ2) is 5.61. The van der Waals surface area contributed by atoms with Crippen molar-refractivity contribution in [2.45, 2.75) is 0 Å². The molecule has 2 rings (SSSR count). The lowest BCUT2D eigenvalue weighted by atomic mass is 10.1. The number of aromatic hydroxyl groups is 1. The van der Waals surface area contributed by atoms with E-state index in [9.17, 15) is 19.5 Å². The van der Waals surface area contributed by atoms with Crippen LogP contribution < -0.4 is 0 Å². The molecule has 0 radical (unpaired) electrons. The Bertz CT molecular complexity index is 650. The fourth-order valence-corrected chi connectivity index (χ4v) is 3.03. The van der Waals surface area contributed by atoms with Gasteiger partial charge in [0, 0.05) is 14.1 Å². The van der Waals surface area contributed by atoms with Crippen LogP contribution in [0.25, 0.3) is 6.08 Å². The van der Waals surface area contributed by atoms with E-state index >= 15 is 0 Å². The normalized spacial score (nSPS) is 15.8. The molecule has 8 heteroatoms. The third-order valence-electron chi connectivity index (χ3n) is 2.99. The summed E-state index contributed by atoms with van der Waals surface area (Å²) in [5.41, 5.74) is 0.406. The number of carbonyl (C=O) groups excluding carboxylic acids is 3. The van der Waals surface area contributed by atoms with Crippen LogP contribution in [0.3, 0.4) is 0 Å². The number of phenols is 1. The van der Waals surface area contributed by atoms with Gasteiger partial charge in [0.05, 0.1) is 8.95 Å². The summed E-state index contributed by atoms with van der Waals surface area (Å²) in [5, 5.41) is 9.65. The van der Waals surface area contributed by atoms with Gasteiger partial charge in [0.15, 0.2) is 0 Å². The Kier molecular flexibility index (Phi) is 4.20. The number of rotatable bonds is 1. The van der Waals surface area contributed by atoms with Gasteiger partial charge in [0.2, 0.25) is 0 Å². The van der Waals surface area contributed by atoms with E-state index in [4.69, 9.17) is 0 Å². The van der Waals surface area contributed by atoms with Crippen LogP contribution in [0.2, 0.25) is 0 Å². The smallest absolute Gasteiger partial charge is 0.333 e. The number of hydrogen-bond acceptors (Lipinski definition) is 4. The van der Waals surface area contributed by atoms with Crippen LogP contribution in [0, 0.1) is 0 Å². The van der Waals surface area contributed by atoms with Crippen molar-refractivity contribution in [1.29, 1.82) is 0 Å². The van der Waals surface area contributed by atoms with Crippen molar-refractivity contribution in [2.75, 3.05) is 14.1 Å². The molecule has 0 aromatic heterocycles. The number of urea groups is 1. The van der Waals surface area contributed by atoms with Crippen LogP contribution in [0.1, 0.15) is 5.56 Å². The lowest BCUT2D eigenvalue weighted by Gasteiger charge is -2.28. The highest BCUT2D eigenvalue weighted by atomic mass is 79.9. The fourth-order valence-electron chi connectivity index (χ4n) is 1.81. The zero-order valence-electron chi connectivity index (χ0n) is 11.1. The van der Waals surface area contributed by atoms with E-state index in [1.807, 2.05) is 0 Å². The van der Waals surface area contributed by atoms with Crippen molar-refractivity contribution in [2.24, 2.45) is 0 Å². The van der Waals surface area contributed by atoms with Crippen molar-refractivity contribution < 1.29 is 19.5 Å². The summed E-state index contributed by atoms with van der Waals surface area (Å²) >= 11 is 6.34. The first kappa shape index (κ1) is 15.7. The van der Waals surface area contributed by atoms with Gasteiger partial charge in [-0.05, 0) is 55.6 Å². The largest absolute Gasteiger partial charge is 0.506 e. The van der Waals surface area contributed by atoms with E-state index in [2.05, 4.69) is 31.9 Å². The second-order valence-electron chi connectivity index (χ2n) is 4.40. The molecular formula is C13H10Br2N2O4. The summed E-state index contributed by atoms with van der Waals surface area (Å²) in [6.07, 6.45) is 1.37. The van der Waals surface area contributed by atoms with Crippen LogP contribution in [0.15, 0.2) is 26.7 Å². The lowest BCUT2D eigenvalue weighted by Crippen LogP contribution is -2.52. The molecule has 1 aromatic carbocycles. The highest BCUT2D eigenvalue weighted by molar-refractivity contribution is 9.11. The Morgan fingerprint density at radius 2 is 1.43 bits per heavy atom. The van der Waals surface area contributed by atoms with Gasteiger partial charge >= 0.3 is 6.03 Å². The molecule has 1 saturated heterocycles. The van der Waals surface area contributed by atoms with Gasteiger partial charge < -0.3 is 5.11 Å². The number of amides is 4. The quantitative estimate of drug-likeness (QED) is 0.562. The number of barbiturate groups is 1. The first-order chi connectivity index (χ1) is 9.73. The standard InChI is InChI=1S/C13H10Br2N2O4/c1-16-11(19)7(12(20)17(2)13(16)21)3-6-4-8(14)10(18)9(15)5-6/h3-5,18H,1-2H3. The third kappa shape index (κ3) is 2.73. The van der Waals surface area contributed by atoms with Gasteiger partial charge in [-0.1, -0.05) is 0 Å². The zero-order valence-corrected chi connectivity index (χ0v) is 14.2. The minimum absolute atomic E-state index is 0.0165. The van der Waals surface area contributed by atoms with Crippen LogP contribution >= 0.6 is 31.9 Å². The SMILES string of the molecule is CN1C(=O)C(=Cc2cc(Br)c(O)c(Br)c2)C(=O)N(C)C1=O. The maximum Gasteiger partial charge on any atom is 0.333 e. The van der Waals surface area contributed by atoms with Gasteiger partial charge in [-0.15, -0.1) is 0 Å². The molecule has 110 valence electrons. The topological polar surface area (TPSA) is 77.9 Å². The van der Waals surface area contributed by atoms with E-state index in [0.29, 0.717) is 14.5 Å². The summed E-state index contributed by atoms with van der Waals surface area (Å²) in [6, 6.07) is 2.45. The third-order valence-corrected chi connectivity index (χ3v) is 4.20. The van der Waals surface area contributed by atoms with Gasteiger partial charge in [-0.3, -0.25) is 19.4 Å². The Labute approximate surface area is 137 Å². The predicted octanol–water partition coefficient (Wildman–Crippen LogP) is 2.35. The van der Waals surface area contributed by atoms with Crippen molar-refractivity contribution in [3.63, 3.8) is 0 Å². The zero-order chi connectivity index (χ0) is 15.9. The number of benzene rings is 1. The van der Waals surface area contributed by atoms with E-state index in [0.717, 1.165) is 9.80 Å². The molecule has 6 nitrogen and oxygen atoms in total. The van der Waals surface area contributed by atoms with Crippen LogP contribution in [-0.2, 0) is 9.59 Å². The molecule has 1 heterocycles. The summed E-state index contributed by atoms with van der Waals surface area (Å²) in [5.74, 6) is -1.31. The average Bonchev–Trinajstić information content (AvgIpc) is 2.45. The van der Waals surface area contributed by atoms with Crippen molar-refractivity contribution >= 4 is 55.8 Å². The number of phenolic OH excluding ortho intramolecular Hbond substituents is 1. The molecule has 0 bridgehead atoms. The summed E-state index contributed by atoms with van der Waals surface area (Å²) in [6.45, 7) is 0. The lowest BCUT2D eigenvalue weighted by molar-refractivity contribution is -0.134. The Balaban J connectivity index is 2.51. The average molecular weight is 418 g/mol. The highest BCUT2D eigenvalue weighted by Crippen LogP contribution is 2.34. The Morgan fingerprint density at radius 3 is 1.86 bits per heavy atom. The Morgan fingerprint density at radius 1 is 1.00 bits per heavy atom. The summed E-state index contributed by atoms with van der Waals surface area (Å²) in [7, 11) is 2.62. The first-order valence-corrected chi connectivity index (χ1v) is 7.32. The second-order valence-corrected chi connectivity index (χ2v) is 6.11. The molecule has 1 aliphatic heterocycles. The van der Waals surface area contributed by atoms with Gasteiger partial charge in [0.25, 0.3) is 11.8 Å². The maximum atomic E-state index is 12.0. The molecule has 0 unspecified atom stereocenters. The van der Waals surface area contributed by atoms with Crippen LogP contribution in [0.5, 0.6) is 5.75 Å². The maximum absolute atomic E-state index is 12.0. The van der Waals surface area contributed by atoms with Crippen LogP contribution in [0.4, 0.5) is 4.79 Å². The van der Waals surface area contributed by atoms with Gasteiger partial charge in [-0.25, -0.2) is 4.79 Å². The molecule has 0 spiro atoms. The van der Waals surface area contributed by atoms with Gasteiger partial charge in [0.1, 0.15) is 11.3 Å². The minimum Gasteiger partial charge on any atom is -0.506 e. The van der Waals surface area contributed by atoms with Crippen molar-refractivity contribution in [1.82, 2.24) is 9.80 Å². The monoisotopic (exact) mass is 416 g/mol. The van der Waals surface area contributed by atoms with Crippen LogP contribution in [-0.4, -0.2) is 46.8 Å². The fraction of sp³-hybridized carbons (Fsp3) is 0.154. The van der Waals surface area contributed by atoms with Crippen molar-refractivity contribution in [3.05, 3.63) is 32.2 Å². The van der Waals surface area contributed by atoms with E-state index in [1.165, 1.54) is 20.2 Å². The molecule has 1 N–H and O–H groups in total. The highest BCUT2D eigenvalue weighted by Gasteiger charge is 2.37. The molecule has 0 aliphatic carbocycles. The Hall–Kier alpha value is -1.67. The number of halogens is 2. The number of imide groups is 2. The summed E-state index contributed by atoms with van der Waals surface area (Å²) in [4.78, 5) is 37.5. The summed E-state index contributed by atoms with van der Waals surface area (Å²) < 4.78 is 0.828. The number of likely N-dealkylation sites (N-methyl/N-ethyl adjacent to an activating group) is 2. The number of carbonyl (C=O) groups is 3. The molecule has 1 aromatic rings. The molecule has 21 heavy (non-hydrogen) atoms. The molecule has 0 saturated carbocycles. The minimum atomic E-state index is -0.671. The number of nitrogens with zero attached hydrogens (tertiary/aromatic N) is 2. The first-order valence-electron chi connectivity index (χ1n) is 5.73. The van der Waals surface area contributed by atoms with E-state index in [1.54, 1.807) is 12.1 Å². The molecule has 4 amide bonds. The molecule has 1 fully saturated rings.